The molecule has 4 nitrogen and oxygen atoms in total. The Morgan fingerprint density at radius 2 is 2.33 bits per heavy atom. The summed E-state index contributed by atoms with van der Waals surface area (Å²) in [4.78, 5) is 16.2. The Morgan fingerprint density at radius 3 is 2.89 bits per heavy atom. The Hall–Kier alpha value is -1.58. The van der Waals surface area contributed by atoms with Gasteiger partial charge in [-0.3, -0.25) is 9.78 Å². The molecule has 1 aromatic rings. The average Bonchev–Trinajstić information content (AvgIpc) is 3.11. The number of nitrogens with one attached hydrogen (secondary N) is 1. The van der Waals surface area contributed by atoms with Gasteiger partial charge in [0.05, 0.1) is 5.56 Å². The molecule has 1 amide bonds. The third kappa shape index (κ3) is 3.22. The zero-order chi connectivity index (χ0) is 13.1. The summed E-state index contributed by atoms with van der Waals surface area (Å²) in [5.41, 5.74) is 7.66. The molecule has 0 aliphatic heterocycles. The second-order valence-electron chi connectivity index (χ2n) is 5.17. The second-order valence-corrected chi connectivity index (χ2v) is 5.17. The molecule has 1 aliphatic rings. The molecule has 4 heteroatoms. The summed E-state index contributed by atoms with van der Waals surface area (Å²) in [6.07, 6.45) is 6.22. The van der Waals surface area contributed by atoms with Crippen molar-refractivity contribution in [2.75, 3.05) is 5.73 Å². The van der Waals surface area contributed by atoms with Gasteiger partial charge in [-0.05, 0) is 31.7 Å². The standard InChI is InChI=1S/C14H21N3O/c1-3-11(7-10-4-5-10)17-14(18)12-8-16-9(2)6-13(12)15/h6,8,10-11H,3-5,7H2,1-2H3,(H2,15,16)(H,17,18). The van der Waals surface area contributed by atoms with E-state index < -0.39 is 0 Å². The summed E-state index contributed by atoms with van der Waals surface area (Å²) in [5.74, 6) is 0.705. The number of aryl methyl sites for hydroxylation is 1. The molecule has 1 unspecified atom stereocenters. The lowest BCUT2D eigenvalue weighted by atomic mass is 10.1. The van der Waals surface area contributed by atoms with Crippen molar-refractivity contribution in [3.63, 3.8) is 0 Å². The van der Waals surface area contributed by atoms with Crippen LogP contribution in [0.5, 0.6) is 0 Å². The van der Waals surface area contributed by atoms with E-state index in [2.05, 4.69) is 17.2 Å². The SMILES string of the molecule is CCC(CC1CC1)NC(=O)c1cnc(C)cc1N. The Morgan fingerprint density at radius 1 is 1.61 bits per heavy atom. The first-order valence-corrected chi connectivity index (χ1v) is 6.63. The van der Waals surface area contributed by atoms with E-state index in [0.717, 1.165) is 24.5 Å². The summed E-state index contributed by atoms with van der Waals surface area (Å²) >= 11 is 0. The van der Waals surface area contributed by atoms with Crippen LogP contribution in [0, 0.1) is 12.8 Å². The maximum atomic E-state index is 12.1. The van der Waals surface area contributed by atoms with Gasteiger partial charge in [0.1, 0.15) is 0 Å². The lowest BCUT2D eigenvalue weighted by molar-refractivity contribution is 0.0933. The van der Waals surface area contributed by atoms with Crippen LogP contribution in [0.4, 0.5) is 5.69 Å². The quantitative estimate of drug-likeness (QED) is 0.838. The first-order valence-electron chi connectivity index (χ1n) is 6.63. The van der Waals surface area contributed by atoms with Crippen LogP contribution in [-0.2, 0) is 0 Å². The van der Waals surface area contributed by atoms with Gasteiger partial charge < -0.3 is 11.1 Å². The maximum Gasteiger partial charge on any atom is 0.255 e. The molecule has 0 aromatic carbocycles. The number of nitrogens with two attached hydrogens (primary N) is 1. The van der Waals surface area contributed by atoms with Crippen molar-refractivity contribution in [2.24, 2.45) is 5.92 Å². The van der Waals surface area contributed by atoms with Crippen LogP contribution in [0.25, 0.3) is 0 Å². The third-order valence-corrected chi connectivity index (χ3v) is 3.46. The van der Waals surface area contributed by atoms with Crippen LogP contribution in [-0.4, -0.2) is 16.9 Å². The smallest absolute Gasteiger partial charge is 0.255 e. The van der Waals surface area contributed by atoms with Crippen LogP contribution in [0.3, 0.4) is 0 Å². The maximum absolute atomic E-state index is 12.1. The van der Waals surface area contributed by atoms with Crippen molar-refractivity contribution in [2.45, 2.75) is 45.6 Å². The molecule has 1 heterocycles. The molecule has 1 fully saturated rings. The number of hydrogen-bond donors (Lipinski definition) is 2. The molecule has 18 heavy (non-hydrogen) atoms. The molecule has 2 rings (SSSR count). The fourth-order valence-electron chi connectivity index (χ4n) is 2.12. The van der Waals surface area contributed by atoms with E-state index in [0.29, 0.717) is 11.3 Å². The Labute approximate surface area is 108 Å². The van der Waals surface area contributed by atoms with Gasteiger partial charge >= 0.3 is 0 Å². The highest BCUT2D eigenvalue weighted by atomic mass is 16.1. The number of nitrogen functional groups attached to an aromatic ring is 1. The van der Waals surface area contributed by atoms with E-state index in [1.165, 1.54) is 12.8 Å². The fraction of sp³-hybridized carbons (Fsp3) is 0.571. The van der Waals surface area contributed by atoms with Gasteiger partial charge in [0.2, 0.25) is 0 Å². The highest BCUT2D eigenvalue weighted by molar-refractivity contribution is 5.98. The second kappa shape index (κ2) is 5.38. The van der Waals surface area contributed by atoms with E-state index in [9.17, 15) is 4.79 Å². The molecule has 0 spiro atoms. The van der Waals surface area contributed by atoms with Crippen molar-refractivity contribution < 1.29 is 4.79 Å². The Balaban J connectivity index is 2.00. The van der Waals surface area contributed by atoms with Crippen molar-refractivity contribution in [3.05, 3.63) is 23.5 Å². The minimum absolute atomic E-state index is 0.104. The summed E-state index contributed by atoms with van der Waals surface area (Å²) in [6, 6.07) is 1.99. The number of nitrogens with zero attached hydrogens (tertiary/aromatic N) is 1. The van der Waals surface area contributed by atoms with Crippen LogP contribution in [0.2, 0.25) is 0 Å². The third-order valence-electron chi connectivity index (χ3n) is 3.46. The van der Waals surface area contributed by atoms with Gasteiger partial charge in [-0.15, -0.1) is 0 Å². The van der Waals surface area contributed by atoms with Gasteiger partial charge in [-0.2, -0.15) is 0 Å². The molecule has 0 saturated heterocycles. The number of pyridine rings is 1. The zero-order valence-corrected chi connectivity index (χ0v) is 11.1. The predicted octanol–water partition coefficient (Wildman–Crippen LogP) is 2.28. The molecule has 1 atom stereocenters. The van der Waals surface area contributed by atoms with Crippen molar-refractivity contribution in [1.82, 2.24) is 10.3 Å². The molecule has 1 saturated carbocycles. The van der Waals surface area contributed by atoms with E-state index in [1.54, 1.807) is 12.3 Å². The fourth-order valence-corrected chi connectivity index (χ4v) is 2.12. The summed E-state index contributed by atoms with van der Waals surface area (Å²) in [5, 5.41) is 3.06. The van der Waals surface area contributed by atoms with Gasteiger partial charge in [0, 0.05) is 23.6 Å². The van der Waals surface area contributed by atoms with Crippen molar-refractivity contribution in [3.8, 4) is 0 Å². The normalized spacial score (nSPS) is 16.3. The number of amides is 1. The highest BCUT2D eigenvalue weighted by Crippen LogP contribution is 2.34. The predicted molar refractivity (Wildman–Crippen MR) is 72.3 cm³/mol. The topological polar surface area (TPSA) is 68.0 Å². The van der Waals surface area contributed by atoms with E-state index in [-0.39, 0.29) is 11.9 Å². The summed E-state index contributed by atoms with van der Waals surface area (Å²) in [7, 11) is 0. The molecule has 1 aliphatic carbocycles. The Bertz CT molecular complexity index is 441. The number of hydrogen-bond acceptors (Lipinski definition) is 3. The van der Waals surface area contributed by atoms with Gasteiger partial charge in [0.25, 0.3) is 5.91 Å². The zero-order valence-electron chi connectivity index (χ0n) is 11.1. The first-order chi connectivity index (χ1) is 8.60. The largest absolute Gasteiger partial charge is 0.398 e. The number of anilines is 1. The van der Waals surface area contributed by atoms with Crippen LogP contribution in [0.1, 0.15) is 48.7 Å². The highest BCUT2D eigenvalue weighted by Gasteiger charge is 2.26. The molecule has 0 radical (unpaired) electrons. The summed E-state index contributed by atoms with van der Waals surface area (Å²) < 4.78 is 0. The number of rotatable bonds is 5. The minimum Gasteiger partial charge on any atom is -0.398 e. The van der Waals surface area contributed by atoms with Gasteiger partial charge in [0.15, 0.2) is 0 Å². The average molecular weight is 247 g/mol. The van der Waals surface area contributed by atoms with E-state index >= 15 is 0 Å². The van der Waals surface area contributed by atoms with E-state index in [1.807, 2.05) is 6.92 Å². The first kappa shape index (κ1) is 12.9. The van der Waals surface area contributed by atoms with Crippen LogP contribution < -0.4 is 11.1 Å². The Kier molecular flexibility index (Phi) is 3.84. The minimum atomic E-state index is -0.104. The molecule has 0 bridgehead atoms. The summed E-state index contributed by atoms with van der Waals surface area (Å²) in [6.45, 7) is 3.96. The van der Waals surface area contributed by atoms with Crippen molar-refractivity contribution >= 4 is 11.6 Å². The monoisotopic (exact) mass is 247 g/mol. The van der Waals surface area contributed by atoms with Gasteiger partial charge in [-0.1, -0.05) is 19.8 Å². The molecule has 98 valence electrons. The van der Waals surface area contributed by atoms with Crippen molar-refractivity contribution in [1.29, 1.82) is 0 Å². The molecule has 1 aromatic heterocycles. The van der Waals surface area contributed by atoms with E-state index in [4.69, 9.17) is 5.73 Å². The number of carbonyl (C=O) groups excluding carboxylic acids is 1. The lowest BCUT2D eigenvalue weighted by Gasteiger charge is -2.17. The van der Waals surface area contributed by atoms with Crippen LogP contribution >= 0.6 is 0 Å². The van der Waals surface area contributed by atoms with Gasteiger partial charge in [-0.25, -0.2) is 0 Å². The number of carbonyl (C=O) groups is 1. The number of aromatic nitrogens is 1. The molecular weight excluding hydrogens is 226 g/mol. The molecular formula is C14H21N3O. The van der Waals surface area contributed by atoms with Crippen LogP contribution in [0.15, 0.2) is 12.3 Å². The molecule has 3 N–H and O–H groups in total. The lowest BCUT2D eigenvalue weighted by Crippen LogP contribution is -2.35.